The SMILES string of the molecule is CCC[N+](C)(C)CCCC[N+](C)(C)CCC. The summed E-state index contributed by atoms with van der Waals surface area (Å²) in [6, 6.07) is 0. The van der Waals surface area contributed by atoms with Crippen LogP contribution in [0.3, 0.4) is 0 Å². The first-order chi connectivity index (χ1) is 7.33. The Labute approximate surface area is 103 Å². The van der Waals surface area contributed by atoms with Crippen molar-refractivity contribution in [2.75, 3.05) is 54.4 Å². The van der Waals surface area contributed by atoms with Crippen LogP contribution in [-0.2, 0) is 0 Å². The molecule has 0 atom stereocenters. The summed E-state index contributed by atoms with van der Waals surface area (Å²) in [5, 5.41) is 0. The average molecular weight is 230 g/mol. The van der Waals surface area contributed by atoms with Gasteiger partial charge in [-0.2, -0.15) is 0 Å². The van der Waals surface area contributed by atoms with Crippen molar-refractivity contribution in [2.45, 2.75) is 39.5 Å². The van der Waals surface area contributed by atoms with Gasteiger partial charge >= 0.3 is 0 Å². The molecule has 0 bridgehead atoms. The second kappa shape index (κ2) is 7.29. The van der Waals surface area contributed by atoms with Crippen LogP contribution in [0.5, 0.6) is 0 Å². The van der Waals surface area contributed by atoms with Crippen molar-refractivity contribution in [2.24, 2.45) is 0 Å². The van der Waals surface area contributed by atoms with Gasteiger partial charge in [-0.1, -0.05) is 13.8 Å². The first kappa shape index (κ1) is 15.9. The molecule has 0 aliphatic rings. The first-order valence-electron chi connectivity index (χ1n) is 6.97. The third kappa shape index (κ3) is 8.12. The van der Waals surface area contributed by atoms with E-state index in [4.69, 9.17) is 0 Å². The van der Waals surface area contributed by atoms with Gasteiger partial charge in [-0.25, -0.2) is 0 Å². The van der Waals surface area contributed by atoms with Crippen molar-refractivity contribution >= 4 is 0 Å². The maximum Gasteiger partial charge on any atom is 0.0784 e. The van der Waals surface area contributed by atoms with Crippen LogP contribution in [0.25, 0.3) is 0 Å². The topological polar surface area (TPSA) is 0 Å². The Morgan fingerprint density at radius 2 is 0.875 bits per heavy atom. The maximum atomic E-state index is 2.36. The molecule has 0 radical (unpaired) electrons. The fourth-order valence-corrected chi connectivity index (χ4v) is 2.51. The molecule has 0 amide bonds. The zero-order valence-corrected chi connectivity index (χ0v) is 12.6. The molecule has 2 nitrogen and oxygen atoms in total. The zero-order valence-electron chi connectivity index (χ0n) is 12.6. The third-order valence-corrected chi connectivity index (χ3v) is 3.43. The van der Waals surface area contributed by atoms with Crippen LogP contribution >= 0.6 is 0 Å². The lowest BCUT2D eigenvalue weighted by molar-refractivity contribution is -0.896. The fourth-order valence-electron chi connectivity index (χ4n) is 2.51. The molecular weight excluding hydrogens is 196 g/mol. The summed E-state index contributed by atoms with van der Waals surface area (Å²) in [6.07, 6.45) is 5.34. The van der Waals surface area contributed by atoms with E-state index in [-0.39, 0.29) is 0 Å². The molecule has 0 fully saturated rings. The van der Waals surface area contributed by atoms with Gasteiger partial charge in [-0.05, 0) is 12.8 Å². The van der Waals surface area contributed by atoms with Gasteiger partial charge in [0.15, 0.2) is 0 Å². The second-order valence-electron chi connectivity index (χ2n) is 6.47. The molecule has 0 heterocycles. The molecule has 2 heteroatoms. The summed E-state index contributed by atoms with van der Waals surface area (Å²) in [5.41, 5.74) is 0. The van der Waals surface area contributed by atoms with Gasteiger partial charge in [0.2, 0.25) is 0 Å². The van der Waals surface area contributed by atoms with E-state index in [1.807, 2.05) is 0 Å². The van der Waals surface area contributed by atoms with E-state index >= 15 is 0 Å². The highest BCUT2D eigenvalue weighted by molar-refractivity contribution is 4.41. The van der Waals surface area contributed by atoms with Crippen molar-refractivity contribution in [3.05, 3.63) is 0 Å². The van der Waals surface area contributed by atoms with Gasteiger partial charge in [-0.3, -0.25) is 0 Å². The highest BCUT2D eigenvalue weighted by Gasteiger charge is 2.16. The lowest BCUT2D eigenvalue weighted by Crippen LogP contribution is -2.43. The highest BCUT2D eigenvalue weighted by Crippen LogP contribution is 2.07. The summed E-state index contributed by atoms with van der Waals surface area (Å²) >= 11 is 0. The van der Waals surface area contributed by atoms with Gasteiger partial charge in [0.25, 0.3) is 0 Å². The van der Waals surface area contributed by atoms with E-state index in [0.29, 0.717) is 0 Å². The predicted octanol–water partition coefficient (Wildman–Crippen LogP) is 2.74. The molecule has 0 N–H and O–H groups in total. The Balaban J connectivity index is 3.67. The summed E-state index contributed by atoms with van der Waals surface area (Å²) in [5.74, 6) is 0. The van der Waals surface area contributed by atoms with Gasteiger partial charge in [0.1, 0.15) is 0 Å². The molecule has 0 aliphatic heterocycles. The second-order valence-corrected chi connectivity index (χ2v) is 6.47. The van der Waals surface area contributed by atoms with E-state index in [0.717, 1.165) is 0 Å². The molecule has 0 aromatic rings. The van der Waals surface area contributed by atoms with Crippen LogP contribution in [0.2, 0.25) is 0 Å². The van der Waals surface area contributed by atoms with E-state index in [1.165, 1.54) is 60.8 Å². The predicted molar refractivity (Wildman–Crippen MR) is 73.5 cm³/mol. The standard InChI is InChI=1S/C14H34N2/c1-7-11-15(3,4)13-9-10-14-16(5,6)12-8-2/h7-14H2,1-6H3/q+2. The minimum atomic E-state index is 1.19. The molecule has 0 aromatic carbocycles. The molecule has 0 saturated carbocycles. The smallest absolute Gasteiger partial charge is 0.0784 e. The molecule has 16 heavy (non-hydrogen) atoms. The van der Waals surface area contributed by atoms with Crippen LogP contribution in [0, 0.1) is 0 Å². The van der Waals surface area contributed by atoms with Crippen LogP contribution in [-0.4, -0.2) is 63.3 Å². The average Bonchev–Trinajstić information content (AvgIpc) is 2.12. The summed E-state index contributed by atoms with van der Waals surface area (Å²) in [7, 11) is 9.43. The molecule has 0 saturated heterocycles. The summed E-state index contributed by atoms with van der Waals surface area (Å²) < 4.78 is 2.38. The molecule has 0 unspecified atom stereocenters. The summed E-state index contributed by atoms with van der Waals surface area (Å²) in [4.78, 5) is 0. The Morgan fingerprint density at radius 3 is 1.12 bits per heavy atom. The monoisotopic (exact) mass is 230 g/mol. The normalized spacial score (nSPS) is 13.1. The Kier molecular flexibility index (Phi) is 7.25. The Hall–Kier alpha value is -0.0800. The fraction of sp³-hybridized carbons (Fsp3) is 1.00. The minimum Gasteiger partial charge on any atom is -0.328 e. The minimum absolute atomic E-state index is 1.19. The van der Waals surface area contributed by atoms with E-state index < -0.39 is 0 Å². The molecule has 0 rings (SSSR count). The molecule has 0 spiro atoms. The Bertz CT molecular complexity index is 154. The highest BCUT2D eigenvalue weighted by atomic mass is 15.3. The maximum absolute atomic E-state index is 2.36. The van der Waals surface area contributed by atoms with Gasteiger partial charge in [0, 0.05) is 12.8 Å². The number of hydrogen-bond acceptors (Lipinski definition) is 0. The molecule has 0 aromatic heterocycles. The first-order valence-corrected chi connectivity index (χ1v) is 6.97. The lowest BCUT2D eigenvalue weighted by atomic mass is 10.2. The van der Waals surface area contributed by atoms with Crippen LogP contribution in [0.15, 0.2) is 0 Å². The van der Waals surface area contributed by atoms with Gasteiger partial charge < -0.3 is 8.97 Å². The van der Waals surface area contributed by atoms with E-state index in [2.05, 4.69) is 42.0 Å². The lowest BCUT2D eigenvalue weighted by Gasteiger charge is -2.32. The third-order valence-electron chi connectivity index (χ3n) is 3.43. The number of unbranched alkanes of at least 4 members (excludes halogenated alkanes) is 1. The number of rotatable bonds is 9. The summed E-state index contributed by atoms with van der Waals surface area (Å²) in [6.45, 7) is 9.85. The Morgan fingerprint density at radius 1 is 0.562 bits per heavy atom. The van der Waals surface area contributed by atoms with E-state index in [1.54, 1.807) is 0 Å². The van der Waals surface area contributed by atoms with Gasteiger partial charge in [0.05, 0.1) is 54.4 Å². The largest absolute Gasteiger partial charge is 0.328 e. The van der Waals surface area contributed by atoms with Crippen LogP contribution in [0.1, 0.15) is 39.5 Å². The number of hydrogen-bond donors (Lipinski definition) is 0. The molecule has 0 aliphatic carbocycles. The molecular formula is C14H34N2+2. The number of quaternary nitrogens is 2. The zero-order chi connectivity index (χ0) is 12.7. The van der Waals surface area contributed by atoms with Crippen molar-refractivity contribution in [3.8, 4) is 0 Å². The van der Waals surface area contributed by atoms with Crippen molar-refractivity contribution < 1.29 is 8.97 Å². The van der Waals surface area contributed by atoms with Crippen LogP contribution in [0.4, 0.5) is 0 Å². The van der Waals surface area contributed by atoms with Crippen molar-refractivity contribution in [1.82, 2.24) is 0 Å². The van der Waals surface area contributed by atoms with Crippen LogP contribution < -0.4 is 0 Å². The molecule has 98 valence electrons. The van der Waals surface area contributed by atoms with E-state index in [9.17, 15) is 0 Å². The van der Waals surface area contributed by atoms with Crippen molar-refractivity contribution in [3.63, 3.8) is 0 Å². The van der Waals surface area contributed by atoms with Gasteiger partial charge in [-0.15, -0.1) is 0 Å². The quantitative estimate of drug-likeness (QED) is 0.422. The number of nitrogens with zero attached hydrogens (tertiary/aromatic N) is 2. The van der Waals surface area contributed by atoms with Crippen molar-refractivity contribution in [1.29, 1.82) is 0 Å².